The van der Waals surface area contributed by atoms with Crippen molar-refractivity contribution in [2.24, 2.45) is 5.41 Å². The van der Waals surface area contributed by atoms with E-state index in [0.29, 0.717) is 11.5 Å². The zero-order chi connectivity index (χ0) is 12.3. The fourth-order valence-electron chi connectivity index (χ4n) is 2.61. The van der Waals surface area contributed by atoms with Crippen LogP contribution in [0.5, 0.6) is 0 Å². The Morgan fingerprint density at radius 1 is 1.47 bits per heavy atom. The molecule has 1 fully saturated rings. The summed E-state index contributed by atoms with van der Waals surface area (Å²) in [7, 11) is 0. The third kappa shape index (κ3) is 2.89. The molecular weight excluding hydrogens is 210 g/mol. The largest absolute Gasteiger partial charge is 0.333 e. The van der Waals surface area contributed by atoms with Gasteiger partial charge in [-0.1, -0.05) is 27.2 Å². The number of nitrogens with one attached hydrogen (secondary N) is 1. The Kier molecular flexibility index (Phi) is 3.87. The predicted molar refractivity (Wildman–Crippen MR) is 70.8 cm³/mol. The van der Waals surface area contributed by atoms with E-state index < -0.39 is 0 Å². The molecule has 1 N–H and O–H groups in total. The lowest BCUT2D eigenvalue weighted by Crippen LogP contribution is -2.34. The zero-order valence-corrected chi connectivity index (χ0v) is 11.4. The first-order chi connectivity index (χ1) is 8.15. The summed E-state index contributed by atoms with van der Waals surface area (Å²) in [6.45, 7) is 8.76. The predicted octanol–water partition coefficient (Wildman–Crippen LogP) is 2.96. The van der Waals surface area contributed by atoms with Gasteiger partial charge in [0.15, 0.2) is 0 Å². The fourth-order valence-corrected chi connectivity index (χ4v) is 2.61. The van der Waals surface area contributed by atoms with Crippen LogP contribution in [0.15, 0.2) is 12.5 Å². The summed E-state index contributed by atoms with van der Waals surface area (Å²) in [4.78, 5) is 4.30. The van der Waals surface area contributed by atoms with E-state index in [9.17, 15) is 0 Å². The molecule has 2 rings (SSSR count). The number of hydrogen-bond donors (Lipinski definition) is 1. The monoisotopic (exact) mass is 235 g/mol. The average molecular weight is 235 g/mol. The molecule has 3 heteroatoms. The summed E-state index contributed by atoms with van der Waals surface area (Å²) in [5.41, 5.74) is 1.88. The van der Waals surface area contributed by atoms with Crippen LogP contribution in [-0.4, -0.2) is 15.6 Å². The van der Waals surface area contributed by atoms with Gasteiger partial charge in [-0.15, -0.1) is 0 Å². The number of hydrogen-bond acceptors (Lipinski definition) is 2. The highest BCUT2D eigenvalue weighted by Crippen LogP contribution is 2.45. The second-order valence-electron chi connectivity index (χ2n) is 5.76. The normalized spacial score (nSPS) is 18.4. The molecule has 0 saturated heterocycles. The SMILES string of the molecule is CCC1(Cn2cncc2CNC(C)C)CCC1. The Balaban J connectivity index is 1.98. The Morgan fingerprint density at radius 3 is 2.76 bits per heavy atom. The molecule has 0 spiro atoms. The van der Waals surface area contributed by atoms with Crippen molar-refractivity contribution in [3.63, 3.8) is 0 Å². The quantitative estimate of drug-likeness (QED) is 0.821. The average Bonchev–Trinajstić information content (AvgIpc) is 2.67. The van der Waals surface area contributed by atoms with Gasteiger partial charge in [0.05, 0.1) is 12.0 Å². The first-order valence-corrected chi connectivity index (χ1v) is 6.87. The maximum absolute atomic E-state index is 4.30. The van der Waals surface area contributed by atoms with Gasteiger partial charge in [-0.25, -0.2) is 4.98 Å². The van der Waals surface area contributed by atoms with Gasteiger partial charge in [0.1, 0.15) is 0 Å². The van der Waals surface area contributed by atoms with Crippen LogP contribution in [0.25, 0.3) is 0 Å². The summed E-state index contributed by atoms with van der Waals surface area (Å²) in [6.07, 6.45) is 9.46. The molecular formula is C14H25N3. The van der Waals surface area contributed by atoms with Crippen LogP contribution in [-0.2, 0) is 13.1 Å². The van der Waals surface area contributed by atoms with Crippen molar-refractivity contribution in [2.75, 3.05) is 0 Å². The van der Waals surface area contributed by atoms with Crippen molar-refractivity contribution in [1.82, 2.24) is 14.9 Å². The minimum atomic E-state index is 0.530. The van der Waals surface area contributed by atoms with E-state index in [1.165, 1.54) is 31.4 Å². The molecule has 0 aromatic carbocycles. The van der Waals surface area contributed by atoms with Gasteiger partial charge in [-0.3, -0.25) is 0 Å². The summed E-state index contributed by atoms with van der Waals surface area (Å²) >= 11 is 0. The molecule has 0 atom stereocenters. The van der Waals surface area contributed by atoms with Crippen molar-refractivity contribution in [3.05, 3.63) is 18.2 Å². The Bertz CT molecular complexity index is 345. The fraction of sp³-hybridized carbons (Fsp3) is 0.786. The van der Waals surface area contributed by atoms with E-state index in [-0.39, 0.29) is 0 Å². The summed E-state index contributed by atoms with van der Waals surface area (Å²) in [5.74, 6) is 0. The lowest BCUT2D eigenvalue weighted by molar-refractivity contribution is 0.0990. The van der Waals surface area contributed by atoms with E-state index in [4.69, 9.17) is 0 Å². The third-order valence-corrected chi connectivity index (χ3v) is 4.16. The summed E-state index contributed by atoms with van der Waals surface area (Å²) < 4.78 is 2.35. The molecule has 96 valence electrons. The van der Waals surface area contributed by atoms with Gasteiger partial charge in [0.25, 0.3) is 0 Å². The topological polar surface area (TPSA) is 29.9 Å². The molecule has 0 radical (unpaired) electrons. The van der Waals surface area contributed by atoms with Crippen LogP contribution in [0.2, 0.25) is 0 Å². The van der Waals surface area contributed by atoms with Gasteiger partial charge in [-0.2, -0.15) is 0 Å². The highest BCUT2D eigenvalue weighted by molar-refractivity contribution is 5.00. The van der Waals surface area contributed by atoms with Crippen molar-refractivity contribution in [2.45, 2.75) is 65.6 Å². The first-order valence-electron chi connectivity index (χ1n) is 6.87. The molecule has 1 aromatic heterocycles. The van der Waals surface area contributed by atoms with Crippen LogP contribution in [0.4, 0.5) is 0 Å². The molecule has 0 amide bonds. The van der Waals surface area contributed by atoms with Crippen molar-refractivity contribution in [3.8, 4) is 0 Å². The van der Waals surface area contributed by atoms with Crippen LogP contribution in [0.1, 0.15) is 52.1 Å². The minimum absolute atomic E-state index is 0.530. The molecule has 3 nitrogen and oxygen atoms in total. The van der Waals surface area contributed by atoms with Crippen LogP contribution >= 0.6 is 0 Å². The van der Waals surface area contributed by atoms with Crippen molar-refractivity contribution < 1.29 is 0 Å². The molecule has 1 aliphatic rings. The van der Waals surface area contributed by atoms with E-state index in [1.54, 1.807) is 0 Å². The van der Waals surface area contributed by atoms with Gasteiger partial charge < -0.3 is 9.88 Å². The van der Waals surface area contributed by atoms with Gasteiger partial charge in [0, 0.05) is 25.3 Å². The smallest absolute Gasteiger partial charge is 0.0948 e. The Hall–Kier alpha value is -0.830. The Labute approximate surface area is 105 Å². The number of rotatable bonds is 6. The lowest BCUT2D eigenvalue weighted by atomic mass is 9.67. The minimum Gasteiger partial charge on any atom is -0.333 e. The maximum Gasteiger partial charge on any atom is 0.0948 e. The number of imidazole rings is 1. The van der Waals surface area contributed by atoms with Gasteiger partial charge >= 0.3 is 0 Å². The van der Waals surface area contributed by atoms with Crippen molar-refractivity contribution >= 4 is 0 Å². The molecule has 17 heavy (non-hydrogen) atoms. The second-order valence-corrected chi connectivity index (χ2v) is 5.76. The number of aromatic nitrogens is 2. The molecule has 1 aliphatic carbocycles. The highest BCUT2D eigenvalue weighted by Gasteiger charge is 2.35. The molecule has 0 aliphatic heterocycles. The van der Waals surface area contributed by atoms with E-state index in [0.717, 1.165) is 13.1 Å². The van der Waals surface area contributed by atoms with E-state index >= 15 is 0 Å². The summed E-state index contributed by atoms with van der Waals surface area (Å²) in [6, 6.07) is 0.530. The molecule has 0 unspecified atom stereocenters. The van der Waals surface area contributed by atoms with Crippen LogP contribution < -0.4 is 5.32 Å². The highest BCUT2D eigenvalue weighted by atomic mass is 15.1. The third-order valence-electron chi connectivity index (χ3n) is 4.16. The van der Waals surface area contributed by atoms with Gasteiger partial charge in [-0.05, 0) is 24.7 Å². The molecule has 0 bridgehead atoms. The van der Waals surface area contributed by atoms with E-state index in [2.05, 4.69) is 35.6 Å². The van der Waals surface area contributed by atoms with Crippen LogP contribution in [0.3, 0.4) is 0 Å². The van der Waals surface area contributed by atoms with E-state index in [1.807, 2.05) is 12.5 Å². The number of nitrogens with zero attached hydrogens (tertiary/aromatic N) is 2. The second kappa shape index (κ2) is 5.21. The molecule has 1 heterocycles. The first kappa shape index (κ1) is 12.6. The van der Waals surface area contributed by atoms with Gasteiger partial charge in [0.2, 0.25) is 0 Å². The molecule has 1 saturated carbocycles. The van der Waals surface area contributed by atoms with Crippen molar-refractivity contribution in [1.29, 1.82) is 0 Å². The standard InChI is InChI=1S/C14H25N3/c1-4-14(6-5-7-14)10-17-11-15-8-13(17)9-16-12(2)3/h8,11-12,16H,4-7,9-10H2,1-3H3. The van der Waals surface area contributed by atoms with Crippen LogP contribution in [0, 0.1) is 5.41 Å². The Morgan fingerprint density at radius 2 is 2.24 bits per heavy atom. The molecule has 1 aromatic rings. The zero-order valence-electron chi connectivity index (χ0n) is 11.4. The maximum atomic E-state index is 4.30. The lowest BCUT2D eigenvalue weighted by Gasteiger charge is -2.41. The summed E-state index contributed by atoms with van der Waals surface area (Å²) in [5, 5.41) is 3.47.